The first-order valence-electron chi connectivity index (χ1n) is 8.01. The minimum atomic E-state index is -0.0787. The number of aryl methyl sites for hydroxylation is 1. The van der Waals surface area contributed by atoms with Crippen LogP contribution in [0.5, 0.6) is 0 Å². The number of amides is 1. The first-order chi connectivity index (χ1) is 12.2. The fraction of sp³-hybridized carbons (Fsp3) is 0.150. The van der Waals surface area contributed by atoms with Gasteiger partial charge in [0.2, 0.25) is 5.91 Å². The van der Waals surface area contributed by atoms with Gasteiger partial charge in [-0.3, -0.25) is 4.79 Å². The van der Waals surface area contributed by atoms with Crippen LogP contribution in [0.1, 0.15) is 23.1 Å². The van der Waals surface area contributed by atoms with Crippen molar-refractivity contribution in [1.29, 1.82) is 5.26 Å². The van der Waals surface area contributed by atoms with E-state index in [1.165, 1.54) is 16.9 Å². The van der Waals surface area contributed by atoms with Gasteiger partial charge in [-0.15, -0.1) is 11.3 Å². The van der Waals surface area contributed by atoms with Crippen molar-refractivity contribution < 1.29 is 4.79 Å². The van der Waals surface area contributed by atoms with Crippen LogP contribution >= 0.6 is 11.3 Å². The summed E-state index contributed by atoms with van der Waals surface area (Å²) in [7, 11) is 0. The fourth-order valence-electron chi connectivity index (χ4n) is 2.41. The Hall–Kier alpha value is -2.97. The number of hydrogen-bond donors (Lipinski definition) is 1. The third kappa shape index (κ3) is 4.31. The van der Waals surface area contributed by atoms with E-state index in [4.69, 9.17) is 5.26 Å². The highest BCUT2D eigenvalue weighted by Crippen LogP contribution is 2.23. The molecule has 1 heterocycles. The third-order valence-corrected chi connectivity index (χ3v) is 4.67. The molecule has 0 spiro atoms. The van der Waals surface area contributed by atoms with E-state index < -0.39 is 0 Å². The van der Waals surface area contributed by atoms with Crippen molar-refractivity contribution in [3.05, 3.63) is 70.0 Å². The second kappa shape index (κ2) is 7.73. The maximum absolute atomic E-state index is 12.2. The minimum Gasteiger partial charge on any atom is -0.326 e. The van der Waals surface area contributed by atoms with Crippen LogP contribution in [-0.4, -0.2) is 10.9 Å². The Bertz CT molecular complexity index is 905. The molecular weight excluding hydrogens is 330 g/mol. The van der Waals surface area contributed by atoms with Crippen molar-refractivity contribution in [2.24, 2.45) is 0 Å². The summed E-state index contributed by atoms with van der Waals surface area (Å²) in [6.07, 6.45) is 1.22. The zero-order valence-electron chi connectivity index (χ0n) is 13.8. The Labute approximate surface area is 150 Å². The van der Waals surface area contributed by atoms with Crippen LogP contribution in [0.4, 0.5) is 5.69 Å². The molecule has 1 amide bonds. The maximum atomic E-state index is 12.2. The highest BCUT2D eigenvalue weighted by molar-refractivity contribution is 7.10. The number of nitrogens with zero attached hydrogens (tertiary/aromatic N) is 2. The Morgan fingerprint density at radius 3 is 2.52 bits per heavy atom. The monoisotopic (exact) mass is 347 g/mol. The van der Waals surface area contributed by atoms with Crippen LogP contribution in [0, 0.1) is 11.3 Å². The van der Waals surface area contributed by atoms with Crippen LogP contribution in [0.2, 0.25) is 0 Å². The molecule has 0 unspecified atom stereocenters. The van der Waals surface area contributed by atoms with Gasteiger partial charge in [0.05, 0.1) is 23.7 Å². The maximum Gasteiger partial charge on any atom is 0.231 e. The Morgan fingerprint density at radius 2 is 1.88 bits per heavy atom. The van der Waals surface area contributed by atoms with E-state index in [0.717, 1.165) is 28.4 Å². The average molecular weight is 347 g/mol. The molecule has 124 valence electrons. The van der Waals surface area contributed by atoms with E-state index in [1.54, 1.807) is 12.1 Å². The van der Waals surface area contributed by atoms with Gasteiger partial charge in [-0.25, -0.2) is 4.98 Å². The smallest absolute Gasteiger partial charge is 0.231 e. The molecule has 1 aromatic heterocycles. The predicted molar refractivity (Wildman–Crippen MR) is 100 cm³/mol. The Balaban J connectivity index is 1.63. The highest BCUT2D eigenvalue weighted by atomic mass is 32.1. The molecule has 0 aliphatic carbocycles. The topological polar surface area (TPSA) is 65.8 Å². The second-order valence-electron chi connectivity index (χ2n) is 5.59. The number of anilines is 1. The lowest BCUT2D eigenvalue weighted by Crippen LogP contribution is -2.14. The van der Waals surface area contributed by atoms with Crippen molar-refractivity contribution >= 4 is 22.9 Å². The average Bonchev–Trinajstić information content (AvgIpc) is 3.10. The van der Waals surface area contributed by atoms with E-state index >= 15 is 0 Å². The molecule has 0 fully saturated rings. The molecule has 0 aliphatic rings. The van der Waals surface area contributed by atoms with Crippen LogP contribution in [-0.2, 0) is 17.6 Å². The SMILES string of the molecule is CCc1ccc(NC(=O)Cc2nc(-c3ccc(C#N)cc3)cs2)cc1. The van der Waals surface area contributed by atoms with E-state index in [-0.39, 0.29) is 12.3 Å². The zero-order chi connectivity index (χ0) is 17.6. The summed E-state index contributed by atoms with van der Waals surface area (Å²) < 4.78 is 0. The van der Waals surface area contributed by atoms with Gasteiger partial charge in [0.15, 0.2) is 0 Å². The summed E-state index contributed by atoms with van der Waals surface area (Å²) in [4.78, 5) is 16.7. The van der Waals surface area contributed by atoms with Gasteiger partial charge in [0.25, 0.3) is 0 Å². The molecule has 4 nitrogen and oxygen atoms in total. The molecule has 0 atom stereocenters. The molecule has 0 saturated carbocycles. The largest absolute Gasteiger partial charge is 0.326 e. The number of aromatic nitrogens is 1. The Morgan fingerprint density at radius 1 is 1.16 bits per heavy atom. The molecule has 3 rings (SSSR count). The molecule has 0 saturated heterocycles. The summed E-state index contributed by atoms with van der Waals surface area (Å²) in [5.74, 6) is -0.0787. The van der Waals surface area contributed by atoms with Gasteiger partial charge < -0.3 is 5.32 Å². The molecule has 25 heavy (non-hydrogen) atoms. The lowest BCUT2D eigenvalue weighted by Gasteiger charge is -2.04. The molecule has 5 heteroatoms. The predicted octanol–water partition coefficient (Wildman–Crippen LogP) is 4.43. The van der Waals surface area contributed by atoms with Crippen LogP contribution in [0.25, 0.3) is 11.3 Å². The van der Waals surface area contributed by atoms with Crippen molar-refractivity contribution in [3.8, 4) is 17.3 Å². The van der Waals surface area contributed by atoms with Gasteiger partial charge in [-0.2, -0.15) is 5.26 Å². The molecule has 0 radical (unpaired) electrons. The number of carbonyl (C=O) groups is 1. The minimum absolute atomic E-state index is 0.0787. The van der Waals surface area contributed by atoms with Crippen molar-refractivity contribution in [3.63, 3.8) is 0 Å². The van der Waals surface area contributed by atoms with Crippen molar-refractivity contribution in [1.82, 2.24) is 4.98 Å². The summed E-state index contributed by atoms with van der Waals surface area (Å²) in [5, 5.41) is 14.4. The van der Waals surface area contributed by atoms with E-state index in [0.29, 0.717) is 5.56 Å². The number of hydrogen-bond acceptors (Lipinski definition) is 4. The molecule has 2 aromatic carbocycles. The van der Waals surface area contributed by atoms with Crippen molar-refractivity contribution in [2.45, 2.75) is 19.8 Å². The van der Waals surface area contributed by atoms with E-state index in [1.807, 2.05) is 41.8 Å². The second-order valence-corrected chi connectivity index (χ2v) is 6.53. The number of benzene rings is 2. The number of nitriles is 1. The summed E-state index contributed by atoms with van der Waals surface area (Å²) in [5.41, 5.74) is 4.42. The number of nitrogens with one attached hydrogen (secondary N) is 1. The Kier molecular flexibility index (Phi) is 5.22. The van der Waals surface area contributed by atoms with Gasteiger partial charge in [-0.05, 0) is 36.2 Å². The van der Waals surface area contributed by atoms with Crippen molar-refractivity contribution in [2.75, 3.05) is 5.32 Å². The van der Waals surface area contributed by atoms with Gasteiger partial charge in [-0.1, -0.05) is 31.2 Å². The third-order valence-electron chi connectivity index (χ3n) is 3.82. The lowest BCUT2D eigenvalue weighted by atomic mass is 10.1. The summed E-state index contributed by atoms with van der Waals surface area (Å²) in [6, 6.07) is 17.2. The first-order valence-corrected chi connectivity index (χ1v) is 8.89. The van der Waals surface area contributed by atoms with Crippen LogP contribution in [0.3, 0.4) is 0 Å². The summed E-state index contributed by atoms with van der Waals surface area (Å²) in [6.45, 7) is 2.10. The molecule has 1 N–H and O–H groups in total. The summed E-state index contributed by atoms with van der Waals surface area (Å²) >= 11 is 1.46. The normalized spacial score (nSPS) is 10.2. The first kappa shape index (κ1) is 16.9. The fourth-order valence-corrected chi connectivity index (χ4v) is 3.21. The number of carbonyl (C=O) groups excluding carboxylic acids is 1. The van der Waals surface area contributed by atoms with Gasteiger partial charge >= 0.3 is 0 Å². The molecule has 3 aromatic rings. The van der Waals surface area contributed by atoms with Gasteiger partial charge in [0, 0.05) is 16.6 Å². The lowest BCUT2D eigenvalue weighted by molar-refractivity contribution is -0.115. The number of rotatable bonds is 5. The zero-order valence-corrected chi connectivity index (χ0v) is 14.6. The van der Waals surface area contributed by atoms with Crippen LogP contribution < -0.4 is 5.32 Å². The molecule has 0 bridgehead atoms. The quantitative estimate of drug-likeness (QED) is 0.743. The number of thiazole rings is 1. The molecule has 0 aliphatic heterocycles. The molecular formula is C20H17N3OS. The van der Waals surface area contributed by atoms with Crippen LogP contribution in [0.15, 0.2) is 53.9 Å². The van der Waals surface area contributed by atoms with Gasteiger partial charge in [0.1, 0.15) is 5.01 Å². The standard InChI is InChI=1S/C20H17N3OS/c1-2-14-5-9-17(10-6-14)22-19(24)11-20-23-18(13-25-20)16-7-3-15(12-21)4-8-16/h3-10,13H,2,11H2,1H3,(H,22,24). The van der Waals surface area contributed by atoms with E-state index in [9.17, 15) is 4.79 Å². The highest BCUT2D eigenvalue weighted by Gasteiger charge is 2.10. The van der Waals surface area contributed by atoms with E-state index in [2.05, 4.69) is 23.3 Å².